The molecule has 0 radical (unpaired) electrons. The number of hydrogen-bond acceptors (Lipinski definition) is 5. The molecule has 0 bridgehead atoms. The number of fused-ring (bicyclic) bond motifs is 3. The summed E-state index contributed by atoms with van der Waals surface area (Å²) in [4.78, 5) is 15.4. The summed E-state index contributed by atoms with van der Waals surface area (Å²) in [7, 11) is 3.33. The number of ketones is 1. The summed E-state index contributed by atoms with van der Waals surface area (Å²) in [6.07, 6.45) is 8.56. The maximum absolute atomic E-state index is 12.9. The second kappa shape index (κ2) is 11.9. The number of benzene rings is 1. The van der Waals surface area contributed by atoms with Gasteiger partial charge in [-0.15, -0.1) is 0 Å². The number of carbonyl (C=O) groups is 1. The Morgan fingerprint density at radius 3 is 2.57 bits per heavy atom. The highest BCUT2D eigenvalue weighted by atomic mass is 32.2. The van der Waals surface area contributed by atoms with E-state index in [1.54, 1.807) is 26.0 Å². The van der Waals surface area contributed by atoms with Crippen LogP contribution in [0.15, 0.2) is 12.1 Å². The molecule has 0 N–H and O–H groups in total. The summed E-state index contributed by atoms with van der Waals surface area (Å²) in [6.45, 7) is 1.68. The molecular weight excluding hydrogens is 401 g/mol. The van der Waals surface area contributed by atoms with Crippen LogP contribution in [0.25, 0.3) is 0 Å². The maximum Gasteiger partial charge on any atom is 0.161 e. The van der Waals surface area contributed by atoms with Crippen molar-refractivity contribution in [3.05, 3.63) is 23.3 Å². The molecule has 2 aliphatic rings. The van der Waals surface area contributed by atoms with Crippen LogP contribution in [0.3, 0.4) is 0 Å². The summed E-state index contributed by atoms with van der Waals surface area (Å²) >= 11 is 1.71. The zero-order valence-corrected chi connectivity index (χ0v) is 19.3. The zero-order chi connectivity index (χ0) is 21.3. The van der Waals surface area contributed by atoms with E-state index in [2.05, 4.69) is 17.0 Å². The highest BCUT2D eigenvalue weighted by Crippen LogP contribution is 2.42. The summed E-state index contributed by atoms with van der Waals surface area (Å²) in [6, 6.07) is 4.34. The number of alkyl halides is 1. The van der Waals surface area contributed by atoms with Crippen molar-refractivity contribution in [2.45, 2.75) is 57.4 Å². The second-order valence-electron chi connectivity index (χ2n) is 8.39. The molecule has 2 heterocycles. The van der Waals surface area contributed by atoms with Gasteiger partial charge in [0.2, 0.25) is 0 Å². The van der Waals surface area contributed by atoms with Gasteiger partial charge in [-0.25, -0.2) is 0 Å². The van der Waals surface area contributed by atoms with Gasteiger partial charge in [-0.1, -0.05) is 25.7 Å². The van der Waals surface area contributed by atoms with E-state index in [1.165, 1.54) is 36.8 Å². The molecular formula is C24H36FNO3S. The minimum absolute atomic E-state index is 0.180. The lowest BCUT2D eigenvalue weighted by molar-refractivity contribution is -0.129. The van der Waals surface area contributed by atoms with E-state index in [0.717, 1.165) is 49.6 Å². The molecule has 4 nitrogen and oxygen atoms in total. The van der Waals surface area contributed by atoms with Crippen LogP contribution in [0.1, 0.15) is 62.1 Å². The Morgan fingerprint density at radius 2 is 1.80 bits per heavy atom. The molecule has 3 rings (SSSR count). The molecule has 1 fully saturated rings. The Bertz CT molecular complexity index is 699. The smallest absolute Gasteiger partial charge is 0.161 e. The molecule has 2 aliphatic heterocycles. The van der Waals surface area contributed by atoms with Gasteiger partial charge in [0.25, 0.3) is 0 Å². The lowest BCUT2D eigenvalue weighted by Crippen LogP contribution is -2.46. The monoisotopic (exact) mass is 437 g/mol. The Kier molecular flexibility index (Phi) is 9.31. The van der Waals surface area contributed by atoms with Gasteiger partial charge in [-0.2, -0.15) is 11.8 Å². The molecule has 1 saturated heterocycles. The standard InChI is InChI=1S/C24H36FNO3S/c1-28-23-14-18-9-11-26-17-19(8-6-4-3-5-7-12-30-13-10-25)22(27)16-21(26)20(18)15-24(23)29-2/h14-15,19,21H,3-13,16-17H2,1-2H3/t19-,21-/m1/s1/i25+0. The van der Waals surface area contributed by atoms with Gasteiger partial charge in [0.05, 0.1) is 20.9 Å². The summed E-state index contributed by atoms with van der Waals surface area (Å²) in [5.74, 6) is 3.82. The van der Waals surface area contributed by atoms with E-state index < -0.39 is 0 Å². The van der Waals surface area contributed by atoms with Gasteiger partial charge < -0.3 is 9.47 Å². The summed E-state index contributed by atoms with van der Waals surface area (Å²) in [5.41, 5.74) is 2.51. The first kappa shape index (κ1) is 23.4. The van der Waals surface area contributed by atoms with Gasteiger partial charge in [0.1, 0.15) is 5.78 Å². The summed E-state index contributed by atoms with van der Waals surface area (Å²) < 4.78 is 23.0. The van der Waals surface area contributed by atoms with Crippen molar-refractivity contribution in [3.8, 4) is 11.5 Å². The number of nitrogens with zero attached hydrogens (tertiary/aromatic N) is 1. The molecule has 0 aliphatic carbocycles. The number of ether oxygens (including phenoxy) is 2. The molecule has 168 valence electrons. The molecule has 6 heteroatoms. The predicted molar refractivity (Wildman–Crippen MR) is 122 cm³/mol. The van der Waals surface area contributed by atoms with Crippen molar-refractivity contribution in [3.63, 3.8) is 0 Å². The number of Topliss-reactive ketones (excluding diaryl/α,β-unsaturated/α-hetero) is 1. The Labute approximate surface area is 184 Å². The molecule has 0 saturated carbocycles. The van der Waals surface area contributed by atoms with Crippen LogP contribution in [0.5, 0.6) is 11.5 Å². The SMILES string of the molecule is COc1cc2c(cc1OC)[C@H]1CC(=O)[C@H](CCCCCCCSCC[19F])CN1CC2. The van der Waals surface area contributed by atoms with E-state index in [1.807, 2.05) is 0 Å². The van der Waals surface area contributed by atoms with Crippen molar-refractivity contribution in [1.82, 2.24) is 4.90 Å². The number of carbonyl (C=O) groups excluding carboxylic acids is 1. The minimum atomic E-state index is -0.217. The minimum Gasteiger partial charge on any atom is -0.493 e. The fourth-order valence-electron chi connectivity index (χ4n) is 4.81. The lowest BCUT2D eigenvalue weighted by atomic mass is 9.81. The third-order valence-corrected chi connectivity index (χ3v) is 7.50. The van der Waals surface area contributed by atoms with E-state index in [9.17, 15) is 9.18 Å². The number of halogens is 1. The molecule has 0 unspecified atom stereocenters. The maximum atomic E-state index is 12.9. The average Bonchev–Trinajstić information content (AvgIpc) is 2.77. The summed E-state index contributed by atoms with van der Waals surface area (Å²) in [5, 5.41) is 0. The lowest BCUT2D eigenvalue weighted by Gasteiger charge is -2.43. The van der Waals surface area contributed by atoms with E-state index in [4.69, 9.17) is 9.47 Å². The largest absolute Gasteiger partial charge is 0.493 e. The van der Waals surface area contributed by atoms with E-state index in [0.29, 0.717) is 18.0 Å². The van der Waals surface area contributed by atoms with Gasteiger partial charge in [0, 0.05) is 37.2 Å². The third-order valence-electron chi connectivity index (χ3n) is 6.48. The molecule has 2 atom stereocenters. The van der Waals surface area contributed by atoms with Crippen LogP contribution < -0.4 is 9.47 Å². The van der Waals surface area contributed by atoms with Crippen LogP contribution in [0.4, 0.5) is 4.39 Å². The van der Waals surface area contributed by atoms with Crippen molar-refractivity contribution in [2.24, 2.45) is 5.92 Å². The molecule has 30 heavy (non-hydrogen) atoms. The zero-order valence-electron chi connectivity index (χ0n) is 18.5. The van der Waals surface area contributed by atoms with Crippen molar-refractivity contribution >= 4 is 17.5 Å². The number of methoxy groups -OCH3 is 2. The van der Waals surface area contributed by atoms with Crippen LogP contribution in [0, 0.1) is 5.92 Å². The second-order valence-corrected chi connectivity index (χ2v) is 9.62. The number of unbranched alkanes of at least 4 members (excludes halogenated alkanes) is 4. The van der Waals surface area contributed by atoms with Crippen molar-refractivity contribution < 1.29 is 18.7 Å². The van der Waals surface area contributed by atoms with Crippen LogP contribution in [-0.2, 0) is 11.2 Å². The average molecular weight is 438 g/mol. The van der Waals surface area contributed by atoms with Gasteiger partial charge >= 0.3 is 0 Å². The predicted octanol–water partition coefficient (Wildman–Crippen LogP) is 5.24. The van der Waals surface area contributed by atoms with Gasteiger partial charge in [-0.05, 0) is 48.3 Å². The molecule has 1 aromatic rings. The van der Waals surface area contributed by atoms with Crippen LogP contribution >= 0.6 is 11.8 Å². The van der Waals surface area contributed by atoms with Gasteiger partial charge in [-0.3, -0.25) is 14.1 Å². The molecule has 0 aromatic heterocycles. The topological polar surface area (TPSA) is 38.8 Å². The van der Waals surface area contributed by atoms with Gasteiger partial charge in [0.15, 0.2) is 11.5 Å². The van der Waals surface area contributed by atoms with Crippen molar-refractivity contribution in [2.75, 3.05) is 45.5 Å². The van der Waals surface area contributed by atoms with E-state index in [-0.39, 0.29) is 18.6 Å². The first-order chi connectivity index (χ1) is 14.7. The van der Waals surface area contributed by atoms with Crippen molar-refractivity contribution in [1.29, 1.82) is 0 Å². The molecule has 0 amide bonds. The fourth-order valence-corrected chi connectivity index (χ4v) is 5.54. The quantitative estimate of drug-likeness (QED) is 0.418. The molecule has 0 spiro atoms. The first-order valence-corrected chi connectivity index (χ1v) is 12.5. The normalized spacial score (nSPS) is 21.2. The Morgan fingerprint density at radius 1 is 1.07 bits per heavy atom. The highest BCUT2D eigenvalue weighted by Gasteiger charge is 2.38. The molecule has 1 aromatic carbocycles. The number of rotatable bonds is 12. The van der Waals surface area contributed by atoms with E-state index >= 15 is 0 Å². The highest BCUT2D eigenvalue weighted by molar-refractivity contribution is 7.99. The Balaban J connectivity index is 1.47. The number of piperidine rings is 1. The van der Waals surface area contributed by atoms with Crippen LogP contribution in [0.2, 0.25) is 0 Å². The fraction of sp³-hybridized carbons (Fsp3) is 0.708. The third kappa shape index (κ3) is 5.91. The van der Waals surface area contributed by atoms with Crippen LogP contribution in [-0.4, -0.2) is 56.2 Å². The number of thioether (sulfide) groups is 1. The Hall–Kier alpha value is -1.27. The first-order valence-electron chi connectivity index (χ1n) is 11.3. The number of hydrogen-bond donors (Lipinski definition) is 0.